The maximum Gasteiger partial charge on any atom is 0.122 e. The van der Waals surface area contributed by atoms with Crippen LogP contribution in [0.2, 0.25) is 0 Å². The summed E-state index contributed by atoms with van der Waals surface area (Å²) < 4.78 is 11.5. The molecular formula is C19H30N2O2. The van der Waals surface area contributed by atoms with Gasteiger partial charge < -0.3 is 14.8 Å². The lowest BCUT2D eigenvalue weighted by Gasteiger charge is -2.21. The van der Waals surface area contributed by atoms with Gasteiger partial charge in [-0.2, -0.15) is 0 Å². The van der Waals surface area contributed by atoms with Crippen molar-refractivity contribution in [1.82, 2.24) is 4.90 Å². The van der Waals surface area contributed by atoms with E-state index in [9.17, 15) is 0 Å². The summed E-state index contributed by atoms with van der Waals surface area (Å²) in [5, 5.41) is 3.61. The molecule has 2 aliphatic rings. The Balaban J connectivity index is 1.48. The zero-order valence-electron chi connectivity index (χ0n) is 14.5. The second kappa shape index (κ2) is 8.02. The fraction of sp³-hybridized carbons (Fsp3) is 0.684. The van der Waals surface area contributed by atoms with Crippen molar-refractivity contribution in [3.8, 4) is 5.75 Å². The first-order valence-electron chi connectivity index (χ1n) is 9.02. The average molecular weight is 318 g/mol. The molecule has 4 heteroatoms. The van der Waals surface area contributed by atoms with E-state index in [1.165, 1.54) is 37.2 Å². The van der Waals surface area contributed by atoms with Crippen molar-refractivity contribution >= 4 is 5.69 Å². The highest BCUT2D eigenvalue weighted by Gasteiger charge is 2.22. The molecule has 0 radical (unpaired) electrons. The zero-order chi connectivity index (χ0) is 16.1. The Hall–Kier alpha value is -1.26. The molecule has 2 heterocycles. The second-order valence-electron chi connectivity index (χ2n) is 6.93. The standard InChI is InChI=1S/C19H30N2O2/c1-15-13-18(20-16(2)17-7-11-22-14-17)5-6-19(15)23-12-10-21-8-3-4-9-21/h5-6,13,16-17,20H,3-4,7-12,14H2,1-2H3/t16-,17-/m0/s1. The summed E-state index contributed by atoms with van der Waals surface area (Å²) in [6.45, 7) is 10.4. The Morgan fingerprint density at radius 1 is 1.35 bits per heavy atom. The first kappa shape index (κ1) is 16.6. The van der Waals surface area contributed by atoms with Gasteiger partial charge in [0.15, 0.2) is 0 Å². The average Bonchev–Trinajstić information content (AvgIpc) is 3.22. The fourth-order valence-corrected chi connectivity index (χ4v) is 3.52. The molecule has 2 fully saturated rings. The molecule has 1 N–H and O–H groups in total. The van der Waals surface area contributed by atoms with Crippen LogP contribution >= 0.6 is 0 Å². The second-order valence-corrected chi connectivity index (χ2v) is 6.93. The Morgan fingerprint density at radius 2 is 2.17 bits per heavy atom. The first-order valence-corrected chi connectivity index (χ1v) is 9.02. The number of rotatable bonds is 7. The molecule has 1 aromatic rings. The van der Waals surface area contributed by atoms with Gasteiger partial charge in [0, 0.05) is 30.8 Å². The number of likely N-dealkylation sites (tertiary alicyclic amines) is 1. The predicted octanol–water partition coefficient (Wildman–Crippen LogP) is 3.31. The summed E-state index contributed by atoms with van der Waals surface area (Å²) in [4.78, 5) is 2.48. The van der Waals surface area contributed by atoms with Crippen LogP contribution in [0.1, 0.15) is 31.7 Å². The van der Waals surface area contributed by atoms with E-state index in [1.54, 1.807) is 0 Å². The van der Waals surface area contributed by atoms with Gasteiger partial charge in [-0.3, -0.25) is 4.90 Å². The van der Waals surface area contributed by atoms with Crippen molar-refractivity contribution in [3.05, 3.63) is 23.8 Å². The van der Waals surface area contributed by atoms with E-state index < -0.39 is 0 Å². The molecule has 2 atom stereocenters. The molecule has 0 aromatic heterocycles. The Morgan fingerprint density at radius 3 is 2.87 bits per heavy atom. The lowest BCUT2D eigenvalue weighted by Crippen LogP contribution is -2.26. The van der Waals surface area contributed by atoms with E-state index in [-0.39, 0.29) is 0 Å². The maximum absolute atomic E-state index is 5.97. The van der Waals surface area contributed by atoms with Crippen molar-refractivity contribution in [2.24, 2.45) is 5.92 Å². The highest BCUT2D eigenvalue weighted by Crippen LogP contribution is 2.25. The van der Waals surface area contributed by atoms with Gasteiger partial charge in [0.05, 0.1) is 6.61 Å². The SMILES string of the molecule is Cc1cc(N[C@@H](C)[C@H]2CCOC2)ccc1OCCN1CCCC1. The number of hydrogen-bond donors (Lipinski definition) is 1. The highest BCUT2D eigenvalue weighted by atomic mass is 16.5. The van der Waals surface area contributed by atoms with Gasteiger partial charge in [0.1, 0.15) is 12.4 Å². The maximum atomic E-state index is 5.97. The topological polar surface area (TPSA) is 33.7 Å². The normalized spacial score (nSPS) is 23.1. The Kier molecular flexibility index (Phi) is 5.79. The number of benzene rings is 1. The third-order valence-electron chi connectivity index (χ3n) is 5.11. The van der Waals surface area contributed by atoms with Gasteiger partial charge >= 0.3 is 0 Å². The van der Waals surface area contributed by atoms with Gasteiger partial charge in [-0.25, -0.2) is 0 Å². The minimum Gasteiger partial charge on any atom is -0.492 e. The van der Waals surface area contributed by atoms with E-state index in [4.69, 9.17) is 9.47 Å². The fourth-order valence-electron chi connectivity index (χ4n) is 3.52. The van der Waals surface area contributed by atoms with Gasteiger partial charge in [-0.15, -0.1) is 0 Å². The van der Waals surface area contributed by atoms with E-state index in [1.807, 2.05) is 0 Å². The van der Waals surface area contributed by atoms with Gasteiger partial charge in [0.2, 0.25) is 0 Å². The van der Waals surface area contributed by atoms with Crippen LogP contribution in [-0.4, -0.2) is 50.4 Å². The number of nitrogens with one attached hydrogen (secondary N) is 1. The smallest absolute Gasteiger partial charge is 0.122 e. The van der Waals surface area contributed by atoms with Gasteiger partial charge in [-0.1, -0.05) is 0 Å². The van der Waals surface area contributed by atoms with Gasteiger partial charge in [0.25, 0.3) is 0 Å². The minimum atomic E-state index is 0.443. The van der Waals surface area contributed by atoms with Crippen LogP contribution < -0.4 is 10.1 Å². The monoisotopic (exact) mass is 318 g/mol. The van der Waals surface area contributed by atoms with Gasteiger partial charge in [-0.05, 0) is 70.0 Å². The highest BCUT2D eigenvalue weighted by molar-refractivity contribution is 5.51. The Labute approximate surface area is 140 Å². The molecule has 4 nitrogen and oxygen atoms in total. The molecule has 0 saturated carbocycles. The number of nitrogens with zero attached hydrogens (tertiary/aromatic N) is 1. The van der Waals surface area contributed by atoms with Crippen LogP contribution in [-0.2, 0) is 4.74 Å². The summed E-state index contributed by atoms with van der Waals surface area (Å²) >= 11 is 0. The molecule has 2 saturated heterocycles. The number of anilines is 1. The van der Waals surface area contributed by atoms with Crippen LogP contribution in [0.3, 0.4) is 0 Å². The van der Waals surface area contributed by atoms with Crippen LogP contribution in [0, 0.1) is 12.8 Å². The summed E-state index contributed by atoms with van der Waals surface area (Å²) in [7, 11) is 0. The molecule has 128 valence electrons. The molecule has 23 heavy (non-hydrogen) atoms. The Bertz CT molecular complexity index is 494. The molecule has 0 amide bonds. The molecule has 0 aliphatic carbocycles. The van der Waals surface area contributed by atoms with Crippen molar-refractivity contribution < 1.29 is 9.47 Å². The zero-order valence-corrected chi connectivity index (χ0v) is 14.5. The first-order chi connectivity index (χ1) is 11.2. The third-order valence-corrected chi connectivity index (χ3v) is 5.11. The third kappa shape index (κ3) is 4.61. The molecule has 2 aliphatic heterocycles. The molecule has 0 unspecified atom stereocenters. The number of hydrogen-bond acceptors (Lipinski definition) is 4. The predicted molar refractivity (Wildman–Crippen MR) is 94.4 cm³/mol. The van der Waals surface area contributed by atoms with E-state index >= 15 is 0 Å². The molecule has 3 rings (SSSR count). The molecular weight excluding hydrogens is 288 g/mol. The van der Waals surface area contributed by atoms with E-state index in [2.05, 4.69) is 42.3 Å². The lowest BCUT2D eigenvalue weighted by atomic mass is 10.0. The van der Waals surface area contributed by atoms with Crippen LogP contribution in [0.15, 0.2) is 18.2 Å². The summed E-state index contributed by atoms with van der Waals surface area (Å²) in [6, 6.07) is 6.86. The molecule has 0 spiro atoms. The lowest BCUT2D eigenvalue weighted by molar-refractivity contribution is 0.183. The molecule has 1 aromatic carbocycles. The van der Waals surface area contributed by atoms with Crippen molar-refractivity contribution in [3.63, 3.8) is 0 Å². The largest absolute Gasteiger partial charge is 0.492 e. The van der Waals surface area contributed by atoms with Crippen molar-refractivity contribution in [2.45, 2.75) is 39.2 Å². The summed E-state index contributed by atoms with van der Waals surface area (Å²) in [5.41, 5.74) is 2.38. The van der Waals surface area contributed by atoms with Crippen LogP contribution in [0.5, 0.6) is 5.75 Å². The van der Waals surface area contributed by atoms with Crippen LogP contribution in [0.4, 0.5) is 5.69 Å². The number of aryl methyl sites for hydroxylation is 1. The molecule has 0 bridgehead atoms. The summed E-state index contributed by atoms with van der Waals surface area (Å²) in [5.74, 6) is 1.62. The van der Waals surface area contributed by atoms with E-state index in [0.29, 0.717) is 12.0 Å². The minimum absolute atomic E-state index is 0.443. The van der Waals surface area contributed by atoms with E-state index in [0.717, 1.165) is 38.5 Å². The number of ether oxygens (including phenoxy) is 2. The summed E-state index contributed by atoms with van der Waals surface area (Å²) in [6.07, 6.45) is 3.83. The van der Waals surface area contributed by atoms with Crippen LogP contribution in [0.25, 0.3) is 0 Å². The van der Waals surface area contributed by atoms with Crippen molar-refractivity contribution in [1.29, 1.82) is 0 Å². The quantitative estimate of drug-likeness (QED) is 0.836. The van der Waals surface area contributed by atoms with Crippen molar-refractivity contribution in [2.75, 3.05) is 44.8 Å².